The van der Waals surface area contributed by atoms with Crippen LogP contribution in [-0.2, 0) is 16.4 Å². The highest BCUT2D eigenvalue weighted by Gasteiger charge is 2.08. The van der Waals surface area contributed by atoms with E-state index in [1.54, 1.807) is 6.92 Å². The fourth-order valence-corrected chi connectivity index (χ4v) is 2.66. The third-order valence-electron chi connectivity index (χ3n) is 3.01. The van der Waals surface area contributed by atoms with Gasteiger partial charge < -0.3 is 4.57 Å². The van der Waals surface area contributed by atoms with Crippen molar-refractivity contribution in [3.8, 4) is 0 Å². The van der Waals surface area contributed by atoms with Crippen molar-refractivity contribution in [3.05, 3.63) is 36.0 Å². The standard InChI is InChI=1S/C13H17NO2S/c1-3-17(15,16)9-8-14-7-6-12-10-11(2)4-5-13(12)14/h4-7,10H,3,8-9H2,1-2H3. The number of rotatable bonds is 4. The van der Waals surface area contributed by atoms with Gasteiger partial charge in [0, 0.05) is 24.0 Å². The van der Waals surface area contributed by atoms with E-state index in [2.05, 4.69) is 13.0 Å². The van der Waals surface area contributed by atoms with Gasteiger partial charge in [-0.1, -0.05) is 18.6 Å². The molecule has 2 aromatic rings. The number of sulfone groups is 1. The molecule has 0 radical (unpaired) electrons. The molecule has 2 rings (SSSR count). The quantitative estimate of drug-likeness (QED) is 0.837. The molecule has 0 atom stereocenters. The molecule has 0 amide bonds. The Balaban J connectivity index is 2.26. The Morgan fingerprint density at radius 1 is 1.24 bits per heavy atom. The van der Waals surface area contributed by atoms with Crippen LogP contribution in [0.15, 0.2) is 30.5 Å². The highest BCUT2D eigenvalue weighted by atomic mass is 32.2. The van der Waals surface area contributed by atoms with E-state index in [-0.39, 0.29) is 11.5 Å². The first-order valence-electron chi connectivity index (χ1n) is 5.78. The maximum Gasteiger partial charge on any atom is 0.151 e. The predicted octanol–water partition coefficient (Wildman–Crippen LogP) is 2.38. The summed E-state index contributed by atoms with van der Waals surface area (Å²) in [6, 6.07) is 8.23. The molecule has 92 valence electrons. The van der Waals surface area contributed by atoms with Crippen molar-refractivity contribution in [2.24, 2.45) is 0 Å². The summed E-state index contributed by atoms with van der Waals surface area (Å²) in [5, 5.41) is 1.17. The highest BCUT2D eigenvalue weighted by molar-refractivity contribution is 7.91. The van der Waals surface area contributed by atoms with E-state index < -0.39 is 9.84 Å². The molecule has 3 nitrogen and oxygen atoms in total. The Bertz CT molecular complexity index is 626. The third-order valence-corrected chi connectivity index (χ3v) is 4.69. The van der Waals surface area contributed by atoms with Crippen molar-refractivity contribution < 1.29 is 8.42 Å². The summed E-state index contributed by atoms with van der Waals surface area (Å²) < 4.78 is 24.9. The lowest BCUT2D eigenvalue weighted by Crippen LogP contribution is -2.14. The van der Waals surface area contributed by atoms with Gasteiger partial charge in [0.25, 0.3) is 0 Å². The van der Waals surface area contributed by atoms with Crippen LogP contribution in [0.3, 0.4) is 0 Å². The van der Waals surface area contributed by atoms with Crippen LogP contribution in [0.1, 0.15) is 12.5 Å². The second-order valence-electron chi connectivity index (χ2n) is 4.31. The van der Waals surface area contributed by atoms with Gasteiger partial charge in [0.2, 0.25) is 0 Å². The molecule has 0 saturated heterocycles. The second-order valence-corrected chi connectivity index (χ2v) is 6.78. The number of benzene rings is 1. The van der Waals surface area contributed by atoms with Crippen molar-refractivity contribution in [1.82, 2.24) is 4.57 Å². The lowest BCUT2D eigenvalue weighted by molar-refractivity contribution is 0.591. The van der Waals surface area contributed by atoms with Gasteiger partial charge in [0.1, 0.15) is 0 Å². The molecule has 0 saturated carbocycles. The first-order valence-corrected chi connectivity index (χ1v) is 7.60. The van der Waals surface area contributed by atoms with Gasteiger partial charge in [-0.05, 0) is 30.5 Å². The average Bonchev–Trinajstić information content (AvgIpc) is 2.69. The summed E-state index contributed by atoms with van der Waals surface area (Å²) in [6.45, 7) is 4.27. The zero-order valence-corrected chi connectivity index (χ0v) is 11.0. The second kappa shape index (κ2) is 4.53. The van der Waals surface area contributed by atoms with Gasteiger partial charge in [-0.25, -0.2) is 8.42 Å². The number of nitrogens with zero attached hydrogens (tertiary/aromatic N) is 1. The minimum Gasteiger partial charge on any atom is -0.346 e. The molecule has 17 heavy (non-hydrogen) atoms. The van der Waals surface area contributed by atoms with E-state index in [1.165, 1.54) is 10.9 Å². The summed E-state index contributed by atoms with van der Waals surface area (Å²) in [5.74, 6) is 0.423. The fourth-order valence-electron chi connectivity index (χ4n) is 1.90. The number of hydrogen-bond acceptors (Lipinski definition) is 2. The van der Waals surface area contributed by atoms with E-state index in [4.69, 9.17) is 0 Å². The molecule has 1 aromatic heterocycles. The first kappa shape index (κ1) is 12.2. The van der Waals surface area contributed by atoms with Crippen molar-refractivity contribution in [1.29, 1.82) is 0 Å². The molecule has 0 aliphatic carbocycles. The molecule has 0 aliphatic heterocycles. The van der Waals surface area contributed by atoms with Gasteiger partial charge in [-0.15, -0.1) is 0 Å². The Kier molecular flexibility index (Phi) is 3.24. The van der Waals surface area contributed by atoms with Gasteiger partial charge >= 0.3 is 0 Å². The minimum atomic E-state index is -2.89. The van der Waals surface area contributed by atoms with Gasteiger partial charge in [-0.2, -0.15) is 0 Å². The summed E-state index contributed by atoms with van der Waals surface area (Å²) in [6.07, 6.45) is 1.95. The maximum absolute atomic E-state index is 11.5. The molecule has 0 aliphatic rings. The van der Waals surface area contributed by atoms with E-state index >= 15 is 0 Å². The number of fused-ring (bicyclic) bond motifs is 1. The molecular formula is C13H17NO2S. The first-order chi connectivity index (χ1) is 8.02. The van der Waals surface area contributed by atoms with Crippen molar-refractivity contribution in [3.63, 3.8) is 0 Å². The molecule has 0 bridgehead atoms. The van der Waals surface area contributed by atoms with Crippen LogP contribution in [0.5, 0.6) is 0 Å². The van der Waals surface area contributed by atoms with E-state index in [0.717, 1.165) is 5.52 Å². The van der Waals surface area contributed by atoms with Crippen molar-refractivity contribution in [2.75, 3.05) is 11.5 Å². The highest BCUT2D eigenvalue weighted by Crippen LogP contribution is 2.17. The SMILES string of the molecule is CCS(=O)(=O)CCn1ccc2cc(C)ccc21. The van der Waals surface area contributed by atoms with Gasteiger partial charge in [-0.3, -0.25) is 0 Å². The lowest BCUT2D eigenvalue weighted by atomic mass is 10.2. The Morgan fingerprint density at radius 3 is 2.71 bits per heavy atom. The number of aryl methyl sites for hydroxylation is 2. The fraction of sp³-hybridized carbons (Fsp3) is 0.385. The largest absolute Gasteiger partial charge is 0.346 e. The zero-order valence-electron chi connectivity index (χ0n) is 10.2. The van der Waals surface area contributed by atoms with Gasteiger partial charge in [0.05, 0.1) is 5.75 Å². The maximum atomic E-state index is 11.5. The summed E-state index contributed by atoms with van der Waals surface area (Å²) in [4.78, 5) is 0. The molecule has 0 fully saturated rings. The molecule has 4 heteroatoms. The molecule has 1 heterocycles. The van der Waals surface area contributed by atoms with E-state index in [0.29, 0.717) is 6.54 Å². The van der Waals surface area contributed by atoms with Crippen molar-refractivity contribution >= 4 is 20.7 Å². The molecular weight excluding hydrogens is 234 g/mol. The normalized spacial score (nSPS) is 12.1. The molecule has 0 unspecified atom stereocenters. The third kappa shape index (κ3) is 2.69. The minimum absolute atomic E-state index is 0.209. The van der Waals surface area contributed by atoms with Crippen LogP contribution in [0.25, 0.3) is 10.9 Å². The predicted molar refractivity (Wildman–Crippen MR) is 71.0 cm³/mol. The van der Waals surface area contributed by atoms with Crippen LogP contribution in [0.2, 0.25) is 0 Å². The number of hydrogen-bond donors (Lipinski definition) is 0. The summed E-state index contributed by atoms with van der Waals surface area (Å²) >= 11 is 0. The topological polar surface area (TPSA) is 39.1 Å². The Labute approximate surface area is 102 Å². The van der Waals surface area contributed by atoms with Crippen LogP contribution in [0.4, 0.5) is 0 Å². The molecule has 1 aromatic carbocycles. The zero-order chi connectivity index (χ0) is 12.5. The Hall–Kier alpha value is -1.29. The average molecular weight is 251 g/mol. The van der Waals surface area contributed by atoms with Crippen LogP contribution in [0, 0.1) is 6.92 Å². The summed E-state index contributed by atoms with van der Waals surface area (Å²) in [7, 11) is -2.89. The molecule has 0 spiro atoms. The number of aromatic nitrogens is 1. The van der Waals surface area contributed by atoms with Crippen LogP contribution in [-0.4, -0.2) is 24.5 Å². The van der Waals surface area contributed by atoms with E-state index in [9.17, 15) is 8.42 Å². The van der Waals surface area contributed by atoms with Crippen LogP contribution < -0.4 is 0 Å². The van der Waals surface area contributed by atoms with Crippen LogP contribution >= 0.6 is 0 Å². The van der Waals surface area contributed by atoms with Gasteiger partial charge in [0.15, 0.2) is 9.84 Å². The smallest absolute Gasteiger partial charge is 0.151 e. The summed E-state index contributed by atoms with van der Waals surface area (Å²) in [5.41, 5.74) is 2.32. The Morgan fingerprint density at radius 2 is 2.00 bits per heavy atom. The van der Waals surface area contributed by atoms with Crippen molar-refractivity contribution in [2.45, 2.75) is 20.4 Å². The lowest BCUT2D eigenvalue weighted by Gasteiger charge is -2.05. The van der Waals surface area contributed by atoms with E-state index in [1.807, 2.05) is 29.0 Å². The molecule has 0 N–H and O–H groups in total. The monoisotopic (exact) mass is 251 g/mol.